The van der Waals surface area contributed by atoms with Crippen molar-refractivity contribution in [3.8, 4) is 0 Å². The Balaban J connectivity index is 2.44. The van der Waals surface area contributed by atoms with E-state index in [0.717, 1.165) is 18.4 Å². The molecule has 0 spiro atoms. The van der Waals surface area contributed by atoms with Crippen molar-refractivity contribution in [3.63, 3.8) is 0 Å². The Labute approximate surface area is 102 Å². The first-order valence-electron chi connectivity index (χ1n) is 5.87. The van der Waals surface area contributed by atoms with Crippen LogP contribution in [0.3, 0.4) is 0 Å². The van der Waals surface area contributed by atoms with Crippen LogP contribution in [0.2, 0.25) is 0 Å². The first-order valence-corrected chi connectivity index (χ1v) is 5.87. The molecule has 94 valence electrons. The summed E-state index contributed by atoms with van der Waals surface area (Å²) in [5.74, 6) is 0. The fraction of sp³-hybridized carbons (Fsp3) is 0.462. The number of aliphatic hydroxyl groups is 1. The molecule has 0 saturated carbocycles. The number of alkyl carbamates (subject to hydrolysis) is 1. The van der Waals surface area contributed by atoms with Crippen molar-refractivity contribution in [1.82, 2.24) is 5.32 Å². The fourth-order valence-corrected chi connectivity index (χ4v) is 1.41. The molecule has 0 fully saturated rings. The van der Waals surface area contributed by atoms with E-state index in [-0.39, 0.29) is 6.61 Å². The zero-order valence-electron chi connectivity index (χ0n) is 10.1. The van der Waals surface area contributed by atoms with Crippen LogP contribution in [0.5, 0.6) is 0 Å². The SMILES string of the molecule is CCCCOC(=O)N[C@@H](CO)c1ccccc1. The first kappa shape index (κ1) is 13.5. The molecule has 0 heterocycles. The predicted octanol–water partition coefficient (Wildman–Crippen LogP) is 2.25. The third kappa shape index (κ3) is 4.87. The summed E-state index contributed by atoms with van der Waals surface area (Å²) in [5, 5.41) is 11.9. The number of aliphatic hydroxyl groups excluding tert-OH is 1. The summed E-state index contributed by atoms with van der Waals surface area (Å²) in [7, 11) is 0. The van der Waals surface area contributed by atoms with E-state index in [1.807, 2.05) is 37.3 Å². The average molecular weight is 237 g/mol. The highest BCUT2D eigenvalue weighted by molar-refractivity contribution is 5.67. The maximum atomic E-state index is 11.4. The van der Waals surface area contributed by atoms with Gasteiger partial charge in [-0.1, -0.05) is 43.7 Å². The van der Waals surface area contributed by atoms with Crippen LogP contribution in [0, 0.1) is 0 Å². The lowest BCUT2D eigenvalue weighted by atomic mass is 10.1. The van der Waals surface area contributed by atoms with Crippen LogP contribution in [-0.4, -0.2) is 24.4 Å². The van der Waals surface area contributed by atoms with E-state index in [2.05, 4.69) is 5.32 Å². The first-order chi connectivity index (χ1) is 8.27. The molecule has 4 heteroatoms. The van der Waals surface area contributed by atoms with Gasteiger partial charge in [-0.05, 0) is 12.0 Å². The van der Waals surface area contributed by atoms with Gasteiger partial charge < -0.3 is 15.2 Å². The van der Waals surface area contributed by atoms with Crippen LogP contribution in [0.25, 0.3) is 0 Å². The molecule has 0 aromatic heterocycles. The standard InChI is InChI=1S/C13H19NO3/c1-2-3-9-17-13(16)14-12(10-15)11-7-5-4-6-8-11/h4-8,12,15H,2-3,9-10H2,1H3,(H,14,16)/t12-/m0/s1. The monoisotopic (exact) mass is 237 g/mol. The molecule has 0 saturated heterocycles. The van der Waals surface area contributed by atoms with Crippen molar-refractivity contribution in [1.29, 1.82) is 0 Å². The number of hydrogen-bond acceptors (Lipinski definition) is 3. The summed E-state index contributed by atoms with van der Waals surface area (Å²) < 4.78 is 4.98. The highest BCUT2D eigenvalue weighted by Crippen LogP contribution is 2.11. The van der Waals surface area contributed by atoms with Gasteiger partial charge in [0.2, 0.25) is 0 Å². The number of benzene rings is 1. The zero-order valence-corrected chi connectivity index (χ0v) is 10.1. The van der Waals surface area contributed by atoms with Crippen LogP contribution < -0.4 is 5.32 Å². The Morgan fingerprint density at radius 2 is 2.12 bits per heavy atom. The number of unbranched alkanes of at least 4 members (excludes halogenated alkanes) is 1. The van der Waals surface area contributed by atoms with E-state index in [9.17, 15) is 9.90 Å². The van der Waals surface area contributed by atoms with E-state index in [1.165, 1.54) is 0 Å². The van der Waals surface area contributed by atoms with E-state index in [1.54, 1.807) is 0 Å². The zero-order chi connectivity index (χ0) is 12.5. The molecular weight excluding hydrogens is 218 g/mol. The number of rotatable bonds is 6. The molecule has 0 aliphatic rings. The third-order valence-electron chi connectivity index (χ3n) is 2.41. The van der Waals surface area contributed by atoms with Gasteiger partial charge in [0.05, 0.1) is 19.3 Å². The molecule has 1 aromatic carbocycles. The summed E-state index contributed by atoms with van der Waals surface area (Å²) in [6.07, 6.45) is 1.35. The van der Waals surface area contributed by atoms with E-state index < -0.39 is 12.1 Å². The van der Waals surface area contributed by atoms with Crippen LogP contribution in [-0.2, 0) is 4.74 Å². The van der Waals surface area contributed by atoms with Crippen molar-refractivity contribution in [2.75, 3.05) is 13.2 Å². The quantitative estimate of drug-likeness (QED) is 0.746. The lowest BCUT2D eigenvalue weighted by Crippen LogP contribution is -2.31. The van der Waals surface area contributed by atoms with Gasteiger partial charge in [0.25, 0.3) is 0 Å². The Kier molecular flexibility index (Phi) is 6.10. The molecule has 0 unspecified atom stereocenters. The molecule has 0 aliphatic heterocycles. The largest absolute Gasteiger partial charge is 0.450 e. The molecular formula is C13H19NO3. The third-order valence-corrected chi connectivity index (χ3v) is 2.41. The Morgan fingerprint density at radius 1 is 1.41 bits per heavy atom. The summed E-state index contributed by atoms with van der Waals surface area (Å²) in [6, 6.07) is 8.91. The second-order valence-electron chi connectivity index (χ2n) is 3.78. The van der Waals surface area contributed by atoms with Crippen LogP contribution in [0.4, 0.5) is 4.79 Å². The van der Waals surface area contributed by atoms with Gasteiger partial charge in [0.1, 0.15) is 0 Å². The number of ether oxygens (including phenoxy) is 1. The predicted molar refractivity (Wildman–Crippen MR) is 65.7 cm³/mol. The average Bonchev–Trinajstić information content (AvgIpc) is 2.37. The van der Waals surface area contributed by atoms with E-state index >= 15 is 0 Å². The van der Waals surface area contributed by atoms with Gasteiger partial charge in [-0.2, -0.15) is 0 Å². The number of hydrogen-bond donors (Lipinski definition) is 2. The molecule has 1 atom stereocenters. The van der Waals surface area contributed by atoms with Crippen molar-refractivity contribution in [3.05, 3.63) is 35.9 Å². The lowest BCUT2D eigenvalue weighted by Gasteiger charge is -2.16. The number of amides is 1. The summed E-state index contributed by atoms with van der Waals surface area (Å²) >= 11 is 0. The number of carbonyl (C=O) groups excluding carboxylic acids is 1. The van der Waals surface area contributed by atoms with E-state index in [0.29, 0.717) is 6.61 Å². The molecule has 1 rings (SSSR count). The highest BCUT2D eigenvalue weighted by Gasteiger charge is 2.13. The second-order valence-corrected chi connectivity index (χ2v) is 3.78. The molecule has 0 bridgehead atoms. The number of carbonyl (C=O) groups is 1. The lowest BCUT2D eigenvalue weighted by molar-refractivity contribution is 0.134. The maximum Gasteiger partial charge on any atom is 0.407 e. The van der Waals surface area contributed by atoms with Crippen LogP contribution in [0.1, 0.15) is 31.4 Å². The molecule has 4 nitrogen and oxygen atoms in total. The maximum absolute atomic E-state index is 11.4. The summed E-state index contributed by atoms with van der Waals surface area (Å²) in [4.78, 5) is 11.4. The minimum atomic E-state index is -0.485. The molecule has 2 N–H and O–H groups in total. The van der Waals surface area contributed by atoms with Gasteiger partial charge in [-0.3, -0.25) is 0 Å². The Morgan fingerprint density at radius 3 is 2.71 bits per heavy atom. The summed E-state index contributed by atoms with van der Waals surface area (Å²) in [5.41, 5.74) is 0.863. The van der Waals surface area contributed by atoms with Gasteiger partial charge in [0.15, 0.2) is 0 Å². The smallest absolute Gasteiger partial charge is 0.407 e. The Hall–Kier alpha value is -1.55. The van der Waals surface area contributed by atoms with Crippen LogP contribution in [0.15, 0.2) is 30.3 Å². The van der Waals surface area contributed by atoms with Gasteiger partial charge >= 0.3 is 6.09 Å². The molecule has 17 heavy (non-hydrogen) atoms. The van der Waals surface area contributed by atoms with Crippen molar-refractivity contribution in [2.45, 2.75) is 25.8 Å². The van der Waals surface area contributed by atoms with Gasteiger partial charge in [-0.15, -0.1) is 0 Å². The minimum Gasteiger partial charge on any atom is -0.450 e. The molecule has 1 aromatic rings. The topological polar surface area (TPSA) is 58.6 Å². The van der Waals surface area contributed by atoms with Gasteiger partial charge in [-0.25, -0.2) is 4.79 Å². The van der Waals surface area contributed by atoms with Gasteiger partial charge in [0, 0.05) is 0 Å². The minimum absolute atomic E-state index is 0.146. The van der Waals surface area contributed by atoms with Crippen molar-refractivity contribution >= 4 is 6.09 Å². The molecule has 0 radical (unpaired) electrons. The number of nitrogens with one attached hydrogen (secondary N) is 1. The summed E-state index contributed by atoms with van der Waals surface area (Å²) in [6.45, 7) is 2.30. The second kappa shape index (κ2) is 7.68. The molecule has 1 amide bonds. The normalized spacial score (nSPS) is 11.9. The van der Waals surface area contributed by atoms with Crippen molar-refractivity contribution < 1.29 is 14.6 Å². The van der Waals surface area contributed by atoms with Crippen LogP contribution >= 0.6 is 0 Å². The molecule has 0 aliphatic carbocycles. The van der Waals surface area contributed by atoms with Crippen molar-refractivity contribution in [2.24, 2.45) is 0 Å². The highest BCUT2D eigenvalue weighted by atomic mass is 16.5. The Bertz CT molecular complexity index is 327. The van der Waals surface area contributed by atoms with E-state index in [4.69, 9.17) is 4.74 Å². The fourth-order valence-electron chi connectivity index (χ4n) is 1.41.